The number of hydrogen-bond acceptors (Lipinski definition) is 2. The Bertz CT molecular complexity index is 775. The number of allylic oxidation sites excluding steroid dienone is 7. The summed E-state index contributed by atoms with van der Waals surface area (Å²) in [6.45, 7) is 16.9. The summed E-state index contributed by atoms with van der Waals surface area (Å²) in [6, 6.07) is 0. The van der Waals surface area contributed by atoms with E-state index in [1.165, 1.54) is 80.9 Å². The average molecular weight is 497 g/mol. The number of hydrogen-bond donors (Lipinski definition) is 0. The minimum Gasteiger partial charge on any atom is -0.300 e. The third kappa shape index (κ3) is 14.1. The predicted molar refractivity (Wildman–Crippen MR) is 157 cm³/mol. The minimum atomic E-state index is 0.195. The van der Waals surface area contributed by atoms with Crippen molar-refractivity contribution >= 4 is 11.6 Å². The van der Waals surface area contributed by atoms with Crippen LogP contribution in [-0.2, 0) is 9.59 Å². The van der Waals surface area contributed by atoms with Gasteiger partial charge in [0.1, 0.15) is 11.6 Å². The zero-order valence-electron chi connectivity index (χ0n) is 24.6. The van der Waals surface area contributed by atoms with E-state index in [-0.39, 0.29) is 11.7 Å². The minimum absolute atomic E-state index is 0.195. The first-order chi connectivity index (χ1) is 17.1. The first-order valence-electron chi connectivity index (χ1n) is 14.8. The van der Waals surface area contributed by atoms with Gasteiger partial charge >= 0.3 is 0 Å². The van der Waals surface area contributed by atoms with Gasteiger partial charge in [0.2, 0.25) is 0 Å². The largest absolute Gasteiger partial charge is 0.300 e. The van der Waals surface area contributed by atoms with Crippen LogP contribution in [0.4, 0.5) is 0 Å². The lowest BCUT2D eigenvalue weighted by molar-refractivity contribution is -0.122. The van der Waals surface area contributed by atoms with Crippen LogP contribution in [0.25, 0.3) is 0 Å². The zero-order chi connectivity index (χ0) is 26.9. The molecule has 2 aliphatic carbocycles. The lowest BCUT2D eigenvalue weighted by atomic mass is 9.87. The van der Waals surface area contributed by atoms with E-state index in [9.17, 15) is 9.59 Å². The van der Waals surface area contributed by atoms with Crippen molar-refractivity contribution in [3.05, 3.63) is 47.1 Å². The fourth-order valence-corrected chi connectivity index (χ4v) is 5.55. The lowest BCUT2D eigenvalue weighted by Crippen LogP contribution is -2.17. The number of carbonyl (C=O) groups excluding carboxylic acids is 2. The summed E-state index contributed by atoms with van der Waals surface area (Å²) in [7, 11) is 0. The van der Waals surface area contributed by atoms with E-state index >= 15 is 0 Å². The Morgan fingerprint density at radius 3 is 2.17 bits per heavy atom. The molecule has 2 saturated carbocycles. The van der Waals surface area contributed by atoms with Gasteiger partial charge in [0.25, 0.3) is 0 Å². The molecule has 2 heteroatoms. The molecule has 0 N–H and O–H groups in total. The van der Waals surface area contributed by atoms with Crippen molar-refractivity contribution in [1.82, 2.24) is 0 Å². The molecule has 0 aromatic heterocycles. The van der Waals surface area contributed by atoms with Crippen LogP contribution in [0, 0.1) is 17.8 Å². The van der Waals surface area contributed by atoms with Crippen molar-refractivity contribution in [3.8, 4) is 0 Å². The van der Waals surface area contributed by atoms with E-state index in [4.69, 9.17) is 0 Å². The fraction of sp³-hybridized carbons (Fsp3) is 0.706. The van der Waals surface area contributed by atoms with Gasteiger partial charge in [-0.1, -0.05) is 73.3 Å². The van der Waals surface area contributed by atoms with E-state index in [1.807, 2.05) is 0 Å². The summed E-state index contributed by atoms with van der Waals surface area (Å²) >= 11 is 0. The highest BCUT2D eigenvalue weighted by Gasteiger charge is 2.34. The lowest BCUT2D eigenvalue weighted by Gasteiger charge is -2.16. The molecule has 3 unspecified atom stereocenters. The molecule has 0 bridgehead atoms. The van der Waals surface area contributed by atoms with Gasteiger partial charge in [0, 0.05) is 18.8 Å². The average Bonchev–Trinajstić information content (AvgIpc) is 3.37. The molecule has 2 fully saturated rings. The van der Waals surface area contributed by atoms with Gasteiger partial charge in [-0.05, 0) is 111 Å². The third-order valence-corrected chi connectivity index (χ3v) is 7.91. The molecule has 0 aliphatic heterocycles. The van der Waals surface area contributed by atoms with Crippen LogP contribution >= 0.6 is 0 Å². The highest BCUT2D eigenvalue weighted by atomic mass is 16.1. The SMILES string of the molecule is C=C1CCCC1C/C=C(\C)CC/C=C(\C)CCC=C(C)C.CCCCCC1C(=O)CCC1CC(C)=O. The topological polar surface area (TPSA) is 34.1 Å². The molecule has 3 atom stereocenters. The highest BCUT2D eigenvalue weighted by molar-refractivity contribution is 5.85. The number of ketones is 2. The van der Waals surface area contributed by atoms with Gasteiger partial charge in [-0.25, -0.2) is 0 Å². The number of carbonyl (C=O) groups is 2. The van der Waals surface area contributed by atoms with Crippen LogP contribution in [0.3, 0.4) is 0 Å². The van der Waals surface area contributed by atoms with Crippen molar-refractivity contribution in [3.63, 3.8) is 0 Å². The van der Waals surface area contributed by atoms with E-state index in [1.54, 1.807) is 12.5 Å². The van der Waals surface area contributed by atoms with E-state index in [0.29, 0.717) is 24.5 Å². The Balaban J connectivity index is 0.000000381. The Morgan fingerprint density at radius 2 is 1.58 bits per heavy atom. The maximum atomic E-state index is 11.6. The van der Waals surface area contributed by atoms with Gasteiger partial charge in [-0.15, -0.1) is 0 Å². The van der Waals surface area contributed by atoms with Gasteiger partial charge in [0.05, 0.1) is 0 Å². The van der Waals surface area contributed by atoms with Gasteiger partial charge in [-0.3, -0.25) is 4.79 Å². The molecule has 2 rings (SSSR count). The van der Waals surface area contributed by atoms with Crippen LogP contribution in [0.15, 0.2) is 47.1 Å². The zero-order valence-corrected chi connectivity index (χ0v) is 24.6. The molecule has 0 heterocycles. The molecule has 0 amide bonds. The van der Waals surface area contributed by atoms with Crippen LogP contribution in [0.5, 0.6) is 0 Å². The summed E-state index contributed by atoms with van der Waals surface area (Å²) in [5.74, 6) is 1.95. The molecular weight excluding hydrogens is 440 g/mol. The maximum Gasteiger partial charge on any atom is 0.136 e. The van der Waals surface area contributed by atoms with Crippen molar-refractivity contribution in [2.45, 2.75) is 138 Å². The van der Waals surface area contributed by atoms with Crippen molar-refractivity contribution in [2.75, 3.05) is 0 Å². The number of Topliss-reactive ketones (excluding diaryl/α,β-unsaturated/α-hetero) is 2. The molecular formula is C34H56O2. The van der Waals surface area contributed by atoms with Crippen LogP contribution in [0.2, 0.25) is 0 Å². The predicted octanol–water partition coefficient (Wildman–Crippen LogP) is 10.3. The van der Waals surface area contributed by atoms with Crippen LogP contribution in [0.1, 0.15) is 138 Å². The molecule has 2 nitrogen and oxygen atoms in total. The monoisotopic (exact) mass is 496 g/mol. The summed E-state index contributed by atoms with van der Waals surface area (Å²) in [5.41, 5.74) is 5.98. The summed E-state index contributed by atoms with van der Waals surface area (Å²) in [4.78, 5) is 22.7. The van der Waals surface area contributed by atoms with Gasteiger partial charge < -0.3 is 4.79 Å². The first kappa shape index (κ1) is 32.3. The molecule has 0 aromatic carbocycles. The number of rotatable bonds is 14. The van der Waals surface area contributed by atoms with E-state index < -0.39 is 0 Å². The second-order valence-electron chi connectivity index (χ2n) is 11.7. The molecule has 204 valence electrons. The van der Waals surface area contributed by atoms with E-state index in [0.717, 1.165) is 25.2 Å². The Kier molecular flexibility index (Phi) is 16.6. The van der Waals surface area contributed by atoms with Crippen LogP contribution < -0.4 is 0 Å². The van der Waals surface area contributed by atoms with Gasteiger partial charge in [0.15, 0.2) is 0 Å². The molecule has 0 spiro atoms. The van der Waals surface area contributed by atoms with Crippen molar-refractivity contribution < 1.29 is 9.59 Å². The standard InChI is InChI=1S/C21H34.C13H22O2/c1-17(2)9-6-10-18(3)11-7-12-19(4)15-16-21-14-8-13-20(21)5;1-3-4-5-6-12-11(9-10(2)14)7-8-13(12)15/h9,11,15,21H,5-8,10,12-14,16H2,1-4H3;11-12H,3-9H2,1-2H3/b18-11+,19-15+;. The Labute approximate surface area is 223 Å². The Hall–Kier alpha value is -1.70. The fourth-order valence-electron chi connectivity index (χ4n) is 5.55. The molecule has 0 radical (unpaired) electrons. The van der Waals surface area contributed by atoms with E-state index in [2.05, 4.69) is 59.4 Å². The molecule has 2 aliphatic rings. The summed E-state index contributed by atoms with van der Waals surface area (Å²) in [6.07, 6.45) is 24.0. The molecule has 0 aromatic rings. The molecule has 0 saturated heterocycles. The van der Waals surface area contributed by atoms with Crippen molar-refractivity contribution in [2.24, 2.45) is 17.8 Å². The highest BCUT2D eigenvalue weighted by Crippen LogP contribution is 2.35. The quantitative estimate of drug-likeness (QED) is 0.177. The maximum absolute atomic E-state index is 11.6. The summed E-state index contributed by atoms with van der Waals surface area (Å²) < 4.78 is 0. The first-order valence-corrected chi connectivity index (χ1v) is 14.8. The van der Waals surface area contributed by atoms with Gasteiger partial charge in [-0.2, -0.15) is 0 Å². The van der Waals surface area contributed by atoms with Crippen LogP contribution in [-0.4, -0.2) is 11.6 Å². The third-order valence-electron chi connectivity index (χ3n) is 7.91. The summed E-state index contributed by atoms with van der Waals surface area (Å²) in [5, 5.41) is 0. The van der Waals surface area contributed by atoms with Crippen molar-refractivity contribution in [1.29, 1.82) is 0 Å². The number of unbranched alkanes of at least 4 members (excludes halogenated alkanes) is 2. The molecule has 36 heavy (non-hydrogen) atoms. The second kappa shape index (κ2) is 18.5. The normalized spacial score (nSPS) is 22.4. The Morgan fingerprint density at radius 1 is 0.917 bits per heavy atom. The second-order valence-corrected chi connectivity index (χ2v) is 11.7. The smallest absolute Gasteiger partial charge is 0.136 e.